The molecule has 0 saturated heterocycles. The predicted octanol–water partition coefficient (Wildman–Crippen LogP) is 2.48. The van der Waals surface area contributed by atoms with Crippen molar-refractivity contribution in [3.63, 3.8) is 0 Å². The topological polar surface area (TPSA) is 98.1 Å². The average molecular weight is 406 g/mol. The summed E-state index contributed by atoms with van der Waals surface area (Å²) < 4.78 is 49.4. The van der Waals surface area contributed by atoms with Gasteiger partial charge in [0, 0.05) is 18.7 Å². The Balaban J connectivity index is 1.90. The van der Waals surface area contributed by atoms with Gasteiger partial charge in [0.15, 0.2) is 19.7 Å². The summed E-state index contributed by atoms with van der Waals surface area (Å²) >= 11 is 0. The Hall–Kier alpha value is -2.65. The molecule has 0 atom stereocenters. The van der Waals surface area contributed by atoms with Gasteiger partial charge >= 0.3 is 0 Å². The molecular formula is C18H19N3O4S2. The maximum atomic E-state index is 12.1. The van der Waals surface area contributed by atoms with Crippen molar-refractivity contribution in [2.75, 3.05) is 17.8 Å². The summed E-state index contributed by atoms with van der Waals surface area (Å²) in [5.74, 6) is 0. The molecule has 0 aliphatic rings. The summed E-state index contributed by atoms with van der Waals surface area (Å²) in [7, 11) is -7.15. The molecule has 0 aliphatic heterocycles. The lowest BCUT2D eigenvalue weighted by molar-refractivity contribution is 0.600. The second-order valence-corrected chi connectivity index (χ2v) is 10.2. The van der Waals surface area contributed by atoms with Gasteiger partial charge in [-0.1, -0.05) is 30.3 Å². The zero-order chi connectivity index (χ0) is 19.7. The van der Waals surface area contributed by atoms with Crippen LogP contribution >= 0.6 is 0 Å². The van der Waals surface area contributed by atoms with Gasteiger partial charge in [0.25, 0.3) is 0 Å². The van der Waals surface area contributed by atoms with Crippen molar-refractivity contribution >= 4 is 31.0 Å². The molecule has 0 spiro atoms. The Kier molecular flexibility index (Phi) is 5.07. The molecular weight excluding hydrogens is 386 g/mol. The van der Waals surface area contributed by atoms with Crippen molar-refractivity contribution in [3.8, 4) is 0 Å². The summed E-state index contributed by atoms with van der Waals surface area (Å²) in [6.45, 7) is 0.578. The van der Waals surface area contributed by atoms with E-state index < -0.39 is 19.7 Å². The van der Waals surface area contributed by atoms with Crippen molar-refractivity contribution in [1.29, 1.82) is 0 Å². The minimum Gasteiger partial charge on any atom is -0.352 e. The number of rotatable bonds is 6. The minimum atomic E-state index is -3.63. The fourth-order valence-electron chi connectivity index (χ4n) is 2.58. The third kappa shape index (κ3) is 4.75. The van der Waals surface area contributed by atoms with Crippen LogP contribution in [0.25, 0.3) is 0 Å². The normalized spacial score (nSPS) is 12.1. The smallest absolute Gasteiger partial charge is 0.177 e. The largest absolute Gasteiger partial charge is 0.352 e. The highest BCUT2D eigenvalue weighted by atomic mass is 32.2. The zero-order valence-electron chi connectivity index (χ0n) is 14.8. The van der Waals surface area contributed by atoms with Gasteiger partial charge in [-0.2, -0.15) is 5.10 Å². The average Bonchev–Trinajstić information content (AvgIpc) is 3.01. The molecule has 2 aromatic carbocycles. The molecule has 1 heterocycles. The van der Waals surface area contributed by atoms with Crippen LogP contribution in [0.5, 0.6) is 0 Å². The number of hydrogen-bond acceptors (Lipinski definition) is 6. The SMILES string of the molecule is CS(=O)(=O)c1ccc(Nc2cnn(Cc3ccccc3)c2)c(S(C)(=O)=O)c1. The number of aromatic nitrogens is 2. The highest BCUT2D eigenvalue weighted by Gasteiger charge is 2.18. The standard InChI is InChI=1S/C18H19N3O4S2/c1-26(22,23)16-8-9-17(18(10-16)27(2,24)25)20-15-11-19-21(13-15)12-14-6-4-3-5-7-14/h3-11,13,20H,12H2,1-2H3. The molecule has 1 N–H and O–H groups in total. The molecule has 9 heteroatoms. The highest BCUT2D eigenvalue weighted by molar-refractivity contribution is 7.91. The van der Waals surface area contributed by atoms with Crippen LogP contribution in [0, 0.1) is 0 Å². The molecule has 0 aliphatic carbocycles. The third-order valence-corrected chi connectivity index (χ3v) is 6.13. The minimum absolute atomic E-state index is 0.0479. The Morgan fingerprint density at radius 3 is 2.30 bits per heavy atom. The van der Waals surface area contributed by atoms with E-state index in [0.29, 0.717) is 17.9 Å². The number of anilines is 2. The van der Waals surface area contributed by atoms with E-state index in [1.165, 1.54) is 18.2 Å². The lowest BCUT2D eigenvalue weighted by Crippen LogP contribution is -2.06. The van der Waals surface area contributed by atoms with E-state index in [1.54, 1.807) is 17.1 Å². The van der Waals surface area contributed by atoms with E-state index in [4.69, 9.17) is 0 Å². The van der Waals surface area contributed by atoms with Gasteiger partial charge in [-0.05, 0) is 23.8 Å². The van der Waals surface area contributed by atoms with Crippen molar-refractivity contribution in [1.82, 2.24) is 9.78 Å². The Morgan fingerprint density at radius 2 is 1.67 bits per heavy atom. The fraction of sp³-hybridized carbons (Fsp3) is 0.167. The van der Waals surface area contributed by atoms with Crippen LogP contribution in [0.3, 0.4) is 0 Å². The van der Waals surface area contributed by atoms with Crippen LogP contribution in [0.1, 0.15) is 5.56 Å². The molecule has 3 aromatic rings. The molecule has 27 heavy (non-hydrogen) atoms. The number of nitrogens with zero attached hydrogens (tertiary/aromatic N) is 2. The van der Waals surface area contributed by atoms with Gasteiger partial charge in [-0.3, -0.25) is 4.68 Å². The van der Waals surface area contributed by atoms with Gasteiger partial charge in [0.2, 0.25) is 0 Å². The van der Waals surface area contributed by atoms with Gasteiger partial charge in [0.1, 0.15) is 0 Å². The van der Waals surface area contributed by atoms with Crippen LogP contribution in [-0.2, 0) is 26.2 Å². The summed E-state index contributed by atoms with van der Waals surface area (Å²) in [5, 5.41) is 7.27. The summed E-state index contributed by atoms with van der Waals surface area (Å²) in [4.78, 5) is -0.130. The number of benzene rings is 2. The second-order valence-electron chi connectivity index (χ2n) is 6.24. The van der Waals surface area contributed by atoms with Crippen molar-refractivity contribution < 1.29 is 16.8 Å². The fourth-order valence-corrected chi connectivity index (χ4v) is 4.17. The first-order chi connectivity index (χ1) is 12.6. The molecule has 0 amide bonds. The van der Waals surface area contributed by atoms with Crippen LogP contribution < -0.4 is 5.32 Å². The summed E-state index contributed by atoms with van der Waals surface area (Å²) in [6, 6.07) is 13.8. The maximum Gasteiger partial charge on any atom is 0.177 e. The first-order valence-electron chi connectivity index (χ1n) is 8.00. The van der Waals surface area contributed by atoms with Crippen molar-refractivity contribution in [2.24, 2.45) is 0 Å². The van der Waals surface area contributed by atoms with Gasteiger partial charge in [0.05, 0.1) is 33.9 Å². The molecule has 0 saturated carbocycles. The van der Waals surface area contributed by atoms with Crippen LogP contribution in [-0.4, -0.2) is 39.1 Å². The first kappa shape index (κ1) is 19.1. The second kappa shape index (κ2) is 7.16. The number of nitrogens with one attached hydrogen (secondary N) is 1. The van der Waals surface area contributed by atoms with Gasteiger partial charge in [-0.15, -0.1) is 0 Å². The van der Waals surface area contributed by atoms with Crippen molar-refractivity contribution in [3.05, 3.63) is 66.5 Å². The Bertz CT molecular complexity index is 1170. The van der Waals surface area contributed by atoms with Gasteiger partial charge < -0.3 is 5.32 Å². The van der Waals surface area contributed by atoms with E-state index in [2.05, 4.69) is 10.4 Å². The quantitative estimate of drug-likeness (QED) is 0.677. The molecule has 0 bridgehead atoms. The lowest BCUT2D eigenvalue weighted by Gasteiger charge is -2.11. The monoisotopic (exact) mass is 405 g/mol. The van der Waals surface area contributed by atoms with Crippen LogP contribution in [0.15, 0.2) is 70.7 Å². The summed E-state index contributed by atoms with van der Waals surface area (Å²) in [5.41, 5.74) is 1.98. The van der Waals surface area contributed by atoms with Crippen LogP contribution in [0.4, 0.5) is 11.4 Å². The van der Waals surface area contributed by atoms with E-state index in [9.17, 15) is 16.8 Å². The molecule has 0 fully saturated rings. The number of sulfone groups is 2. The molecule has 0 unspecified atom stereocenters. The molecule has 0 radical (unpaired) electrons. The number of hydrogen-bond donors (Lipinski definition) is 1. The molecule has 142 valence electrons. The maximum absolute atomic E-state index is 12.1. The lowest BCUT2D eigenvalue weighted by atomic mass is 10.2. The van der Waals surface area contributed by atoms with E-state index in [-0.39, 0.29) is 9.79 Å². The summed E-state index contributed by atoms with van der Waals surface area (Å²) in [6.07, 6.45) is 5.41. The highest BCUT2D eigenvalue weighted by Crippen LogP contribution is 2.27. The van der Waals surface area contributed by atoms with E-state index >= 15 is 0 Å². The molecule has 1 aromatic heterocycles. The molecule has 3 rings (SSSR count). The third-order valence-electron chi connectivity index (χ3n) is 3.88. The van der Waals surface area contributed by atoms with Gasteiger partial charge in [-0.25, -0.2) is 16.8 Å². The van der Waals surface area contributed by atoms with E-state index in [0.717, 1.165) is 18.1 Å². The predicted molar refractivity (Wildman–Crippen MR) is 104 cm³/mol. The molecule has 7 nitrogen and oxygen atoms in total. The van der Waals surface area contributed by atoms with Crippen molar-refractivity contribution in [2.45, 2.75) is 16.3 Å². The van der Waals surface area contributed by atoms with E-state index in [1.807, 2.05) is 30.3 Å². The Morgan fingerprint density at radius 1 is 0.963 bits per heavy atom. The first-order valence-corrected chi connectivity index (χ1v) is 11.8. The van der Waals surface area contributed by atoms with Crippen LogP contribution in [0.2, 0.25) is 0 Å². The Labute approximate surface area is 158 Å². The zero-order valence-corrected chi connectivity index (χ0v) is 16.5.